The van der Waals surface area contributed by atoms with Gasteiger partial charge < -0.3 is 14.9 Å². The van der Waals surface area contributed by atoms with Gasteiger partial charge in [0.1, 0.15) is 0 Å². The van der Waals surface area contributed by atoms with Crippen LogP contribution in [0, 0.1) is 0 Å². The number of hydrogen-bond acceptors (Lipinski definition) is 5. The molecule has 3 rings (SSSR count). The summed E-state index contributed by atoms with van der Waals surface area (Å²) in [5.74, 6) is -0.580. The molecule has 1 aromatic carbocycles. The molecule has 7 nitrogen and oxygen atoms in total. The maximum Gasteiger partial charge on any atom is 0.335 e. The molecule has 0 bridgehead atoms. The molecule has 0 aliphatic carbocycles. The summed E-state index contributed by atoms with van der Waals surface area (Å²) in [5.41, 5.74) is 0.454. The van der Waals surface area contributed by atoms with Gasteiger partial charge in [-0.25, -0.2) is 14.8 Å². The van der Waals surface area contributed by atoms with Gasteiger partial charge in [0, 0.05) is 48.6 Å². The van der Waals surface area contributed by atoms with Gasteiger partial charge in [-0.05, 0) is 24.3 Å². The predicted molar refractivity (Wildman–Crippen MR) is 91.2 cm³/mol. The molecule has 1 saturated heterocycles. The zero-order valence-electron chi connectivity index (χ0n) is 12.7. The fourth-order valence-corrected chi connectivity index (χ4v) is 3.08. The predicted octanol–water partition coefficient (Wildman–Crippen LogP) is 1.90. The van der Waals surface area contributed by atoms with E-state index in [2.05, 4.69) is 25.9 Å². The summed E-state index contributed by atoms with van der Waals surface area (Å²) in [6, 6.07) is 6.28. The molecule has 1 aliphatic rings. The van der Waals surface area contributed by atoms with Crippen molar-refractivity contribution < 1.29 is 14.7 Å². The first kappa shape index (κ1) is 16.4. The summed E-state index contributed by atoms with van der Waals surface area (Å²) in [7, 11) is 0. The van der Waals surface area contributed by atoms with E-state index >= 15 is 0 Å². The zero-order valence-corrected chi connectivity index (χ0v) is 14.3. The number of anilines is 1. The van der Waals surface area contributed by atoms with Gasteiger partial charge in [0.2, 0.25) is 5.95 Å². The number of rotatable bonds is 3. The van der Waals surface area contributed by atoms with Crippen molar-refractivity contribution >= 4 is 33.8 Å². The van der Waals surface area contributed by atoms with E-state index < -0.39 is 5.97 Å². The van der Waals surface area contributed by atoms with Crippen LogP contribution in [-0.4, -0.2) is 58.0 Å². The molecule has 1 N–H and O–H groups in total. The molecule has 1 aromatic heterocycles. The van der Waals surface area contributed by atoms with E-state index in [1.807, 2.05) is 4.90 Å². The van der Waals surface area contributed by atoms with Gasteiger partial charge in [-0.3, -0.25) is 4.79 Å². The van der Waals surface area contributed by atoms with Gasteiger partial charge in [0.15, 0.2) is 0 Å². The van der Waals surface area contributed by atoms with Crippen LogP contribution < -0.4 is 4.90 Å². The Bertz CT molecular complexity index is 761. The Kier molecular flexibility index (Phi) is 4.75. The number of hydrogen-bond donors (Lipinski definition) is 1. The summed E-state index contributed by atoms with van der Waals surface area (Å²) in [6.07, 6.45) is 3.38. The molecule has 1 amide bonds. The summed E-state index contributed by atoms with van der Waals surface area (Å²) in [5, 5.41) is 9.12. The number of aromatic carboxylic acids is 1. The van der Waals surface area contributed by atoms with Crippen LogP contribution >= 0.6 is 15.9 Å². The highest BCUT2D eigenvalue weighted by Gasteiger charge is 2.24. The van der Waals surface area contributed by atoms with Crippen LogP contribution in [0.2, 0.25) is 0 Å². The van der Waals surface area contributed by atoms with E-state index in [1.54, 1.807) is 29.4 Å². The Labute approximate surface area is 147 Å². The lowest BCUT2D eigenvalue weighted by atomic mass is 10.1. The molecule has 8 heteroatoms. The third kappa shape index (κ3) is 3.53. The Morgan fingerprint density at radius 3 is 2.25 bits per heavy atom. The van der Waals surface area contributed by atoms with Crippen LogP contribution in [0.15, 0.2) is 41.1 Å². The standard InChI is InChI=1S/C16H15BrN4O3/c17-13-9-11(8-12(10-13)15(23)24)14(22)20-4-6-21(7-5-20)16-18-2-1-3-19-16/h1-3,8-10H,4-7H2,(H,23,24). The fraction of sp³-hybridized carbons (Fsp3) is 0.250. The monoisotopic (exact) mass is 390 g/mol. The number of halogens is 1. The first-order chi connectivity index (χ1) is 11.5. The number of aromatic nitrogens is 2. The molecule has 24 heavy (non-hydrogen) atoms. The minimum absolute atomic E-state index is 0.0871. The second-order valence-electron chi connectivity index (χ2n) is 5.36. The molecule has 124 valence electrons. The van der Waals surface area contributed by atoms with Crippen LogP contribution in [0.4, 0.5) is 5.95 Å². The zero-order chi connectivity index (χ0) is 17.1. The largest absolute Gasteiger partial charge is 0.478 e. The van der Waals surface area contributed by atoms with E-state index in [1.165, 1.54) is 12.1 Å². The molecule has 2 heterocycles. The van der Waals surface area contributed by atoms with Gasteiger partial charge in [-0.15, -0.1) is 0 Å². The molecular formula is C16H15BrN4O3. The minimum Gasteiger partial charge on any atom is -0.478 e. The van der Waals surface area contributed by atoms with Crippen molar-refractivity contribution in [2.45, 2.75) is 0 Å². The van der Waals surface area contributed by atoms with Gasteiger partial charge in [-0.2, -0.15) is 0 Å². The van der Waals surface area contributed by atoms with Crippen LogP contribution in [0.5, 0.6) is 0 Å². The highest BCUT2D eigenvalue weighted by atomic mass is 79.9. The normalized spacial score (nSPS) is 14.5. The van der Waals surface area contributed by atoms with E-state index in [4.69, 9.17) is 5.11 Å². The maximum absolute atomic E-state index is 12.6. The van der Waals surface area contributed by atoms with Crippen molar-refractivity contribution in [3.05, 3.63) is 52.3 Å². The molecule has 0 radical (unpaired) electrons. The second-order valence-corrected chi connectivity index (χ2v) is 6.28. The lowest BCUT2D eigenvalue weighted by molar-refractivity contribution is 0.0697. The third-order valence-electron chi connectivity index (χ3n) is 3.79. The van der Waals surface area contributed by atoms with Gasteiger partial charge in [0.05, 0.1) is 5.56 Å². The highest BCUT2D eigenvalue weighted by Crippen LogP contribution is 2.19. The van der Waals surface area contributed by atoms with Crippen LogP contribution in [0.25, 0.3) is 0 Å². The Morgan fingerprint density at radius 1 is 1.00 bits per heavy atom. The Balaban J connectivity index is 1.70. The minimum atomic E-state index is -1.06. The molecule has 1 aliphatic heterocycles. The fourth-order valence-electron chi connectivity index (χ4n) is 2.58. The summed E-state index contributed by atoms with van der Waals surface area (Å²) >= 11 is 3.25. The average Bonchev–Trinajstić information content (AvgIpc) is 2.61. The van der Waals surface area contributed by atoms with E-state index in [-0.39, 0.29) is 11.5 Å². The summed E-state index contributed by atoms with van der Waals surface area (Å²) in [4.78, 5) is 35.9. The third-order valence-corrected chi connectivity index (χ3v) is 4.25. The number of amides is 1. The van der Waals surface area contributed by atoms with Crippen LogP contribution in [0.3, 0.4) is 0 Å². The second kappa shape index (κ2) is 6.96. The smallest absolute Gasteiger partial charge is 0.335 e. The summed E-state index contributed by atoms with van der Waals surface area (Å²) in [6.45, 7) is 2.34. The number of nitrogens with zero attached hydrogens (tertiary/aromatic N) is 4. The Hall–Kier alpha value is -2.48. The molecule has 0 atom stereocenters. The SMILES string of the molecule is O=C(O)c1cc(Br)cc(C(=O)N2CCN(c3ncccn3)CC2)c1. The van der Waals surface area contributed by atoms with Gasteiger partial charge in [0.25, 0.3) is 5.91 Å². The topological polar surface area (TPSA) is 86.6 Å². The van der Waals surface area contributed by atoms with E-state index in [0.717, 1.165) is 0 Å². The lowest BCUT2D eigenvalue weighted by Crippen LogP contribution is -2.49. The summed E-state index contributed by atoms with van der Waals surface area (Å²) < 4.78 is 0.571. The number of benzene rings is 1. The van der Waals surface area contributed by atoms with Gasteiger partial charge >= 0.3 is 5.97 Å². The van der Waals surface area contributed by atoms with Gasteiger partial charge in [-0.1, -0.05) is 15.9 Å². The first-order valence-corrected chi connectivity index (χ1v) is 8.19. The van der Waals surface area contributed by atoms with Crippen molar-refractivity contribution in [1.82, 2.24) is 14.9 Å². The van der Waals surface area contributed by atoms with E-state index in [9.17, 15) is 9.59 Å². The van der Waals surface area contributed by atoms with E-state index in [0.29, 0.717) is 42.2 Å². The maximum atomic E-state index is 12.6. The molecule has 0 spiro atoms. The highest BCUT2D eigenvalue weighted by molar-refractivity contribution is 9.10. The number of carbonyl (C=O) groups is 2. The number of carboxylic acids is 1. The van der Waals surface area contributed by atoms with Crippen LogP contribution in [0.1, 0.15) is 20.7 Å². The number of carbonyl (C=O) groups excluding carboxylic acids is 1. The van der Waals surface area contributed by atoms with Crippen molar-refractivity contribution in [3.8, 4) is 0 Å². The average molecular weight is 391 g/mol. The molecule has 1 fully saturated rings. The van der Waals surface area contributed by atoms with Crippen molar-refractivity contribution in [2.24, 2.45) is 0 Å². The van der Waals surface area contributed by atoms with Crippen molar-refractivity contribution in [1.29, 1.82) is 0 Å². The molecule has 0 unspecified atom stereocenters. The molecule has 0 saturated carbocycles. The molecular weight excluding hydrogens is 376 g/mol. The first-order valence-electron chi connectivity index (χ1n) is 7.40. The number of carboxylic acid groups (broad SMARTS) is 1. The Morgan fingerprint density at radius 2 is 1.62 bits per heavy atom. The van der Waals surface area contributed by atoms with Crippen LogP contribution in [-0.2, 0) is 0 Å². The number of piperazine rings is 1. The lowest BCUT2D eigenvalue weighted by Gasteiger charge is -2.34. The molecule has 2 aromatic rings. The van der Waals surface area contributed by atoms with Crippen molar-refractivity contribution in [2.75, 3.05) is 31.1 Å². The quantitative estimate of drug-likeness (QED) is 0.860. The van der Waals surface area contributed by atoms with Crippen molar-refractivity contribution in [3.63, 3.8) is 0 Å².